The van der Waals surface area contributed by atoms with E-state index in [0.29, 0.717) is 24.3 Å². The molecule has 1 saturated carbocycles. The molecule has 9 nitrogen and oxygen atoms in total. The fourth-order valence-corrected chi connectivity index (χ4v) is 5.05. The molecule has 4 unspecified atom stereocenters. The van der Waals surface area contributed by atoms with Crippen LogP contribution in [-0.4, -0.2) is 77.0 Å². The molecule has 3 rings (SSSR count). The van der Waals surface area contributed by atoms with Crippen LogP contribution >= 0.6 is 0 Å². The first kappa shape index (κ1) is 32.4. The quantitative estimate of drug-likeness (QED) is 0.312. The van der Waals surface area contributed by atoms with Gasteiger partial charge in [0, 0.05) is 19.6 Å². The van der Waals surface area contributed by atoms with Crippen molar-refractivity contribution in [3.05, 3.63) is 59.7 Å². The fourth-order valence-electron chi connectivity index (χ4n) is 5.05. The molecule has 0 aliphatic heterocycles. The monoisotopic (exact) mass is 572 g/mol. The number of methoxy groups -OCH3 is 3. The molecule has 1 N–H and O–H groups in total. The van der Waals surface area contributed by atoms with E-state index < -0.39 is 30.0 Å². The summed E-state index contributed by atoms with van der Waals surface area (Å²) in [6, 6.07) is 15.6. The van der Waals surface area contributed by atoms with E-state index in [2.05, 4.69) is 13.8 Å². The van der Waals surface area contributed by atoms with Gasteiger partial charge in [-0.1, -0.05) is 51.0 Å². The van der Waals surface area contributed by atoms with E-state index in [9.17, 15) is 14.7 Å². The first-order valence-corrected chi connectivity index (χ1v) is 14.1. The molecule has 1 aliphatic carbocycles. The van der Waals surface area contributed by atoms with Gasteiger partial charge in [-0.3, -0.25) is 9.59 Å². The summed E-state index contributed by atoms with van der Waals surface area (Å²) < 4.78 is 32.7. The van der Waals surface area contributed by atoms with Crippen molar-refractivity contribution in [3.8, 4) is 11.5 Å². The highest BCUT2D eigenvalue weighted by Gasteiger charge is 2.37. The van der Waals surface area contributed by atoms with Crippen LogP contribution in [0.25, 0.3) is 0 Å². The van der Waals surface area contributed by atoms with E-state index in [-0.39, 0.29) is 37.8 Å². The van der Waals surface area contributed by atoms with E-state index in [0.717, 1.165) is 24.0 Å². The van der Waals surface area contributed by atoms with Crippen molar-refractivity contribution in [1.29, 1.82) is 0 Å². The number of rotatable bonds is 15. The molecule has 4 atom stereocenters. The van der Waals surface area contributed by atoms with Crippen molar-refractivity contribution < 1.29 is 43.1 Å². The lowest BCUT2D eigenvalue weighted by molar-refractivity contribution is -0.163. The molecule has 1 fully saturated rings. The molecular formula is C32H44O9. The third-order valence-electron chi connectivity index (χ3n) is 7.67. The summed E-state index contributed by atoms with van der Waals surface area (Å²) in [5, 5.41) is 9.90. The average Bonchev–Trinajstić information content (AvgIpc) is 3.00. The predicted octanol–water partition coefficient (Wildman–Crippen LogP) is 4.32. The van der Waals surface area contributed by atoms with Gasteiger partial charge < -0.3 is 33.5 Å². The molecule has 0 aromatic heterocycles. The highest BCUT2D eigenvalue weighted by molar-refractivity contribution is 5.82. The summed E-state index contributed by atoms with van der Waals surface area (Å²) in [5.74, 6) is -0.377. The SMILES string of the molecule is COCC(O)COc1cccc(C(C)(C)c2cccc(OCC(COC(=O)C3CCCCC3C(=O)OC)OC)c2)c1. The molecule has 0 heterocycles. The lowest BCUT2D eigenvalue weighted by atomic mass is 9.78. The van der Waals surface area contributed by atoms with Crippen LogP contribution in [0.15, 0.2) is 48.5 Å². The van der Waals surface area contributed by atoms with Crippen molar-refractivity contribution in [2.24, 2.45) is 11.8 Å². The standard InChI is InChI=1S/C32H44O9/c1-32(2,22-10-8-12-25(16-22)39-19-24(33)18-36-3)23-11-9-13-26(17-23)40-20-27(37-4)21-41-31(35)29-15-7-6-14-28(29)30(34)38-5/h8-13,16-17,24,27-29,33H,6-7,14-15,18-21H2,1-5H3. The van der Waals surface area contributed by atoms with Crippen LogP contribution in [0.2, 0.25) is 0 Å². The summed E-state index contributed by atoms with van der Waals surface area (Å²) in [6.45, 7) is 4.80. The van der Waals surface area contributed by atoms with E-state index in [1.54, 1.807) is 7.11 Å². The Morgan fingerprint density at radius 3 is 1.93 bits per heavy atom. The fraction of sp³-hybridized carbons (Fsp3) is 0.562. The number of carbonyl (C=O) groups excluding carboxylic acids is 2. The molecule has 0 saturated heterocycles. The molecule has 2 aromatic carbocycles. The van der Waals surface area contributed by atoms with Crippen LogP contribution in [0, 0.1) is 11.8 Å². The second-order valence-electron chi connectivity index (χ2n) is 10.9. The normalized spacial score (nSPS) is 18.7. The van der Waals surface area contributed by atoms with Gasteiger partial charge in [0.2, 0.25) is 0 Å². The molecule has 0 radical (unpaired) electrons. The predicted molar refractivity (Wildman–Crippen MR) is 153 cm³/mol. The molecule has 41 heavy (non-hydrogen) atoms. The van der Waals surface area contributed by atoms with Crippen molar-refractivity contribution >= 4 is 11.9 Å². The minimum Gasteiger partial charge on any atom is -0.491 e. The Hall–Kier alpha value is -3.14. The van der Waals surface area contributed by atoms with Gasteiger partial charge >= 0.3 is 11.9 Å². The second-order valence-corrected chi connectivity index (χ2v) is 10.9. The van der Waals surface area contributed by atoms with E-state index in [1.165, 1.54) is 14.2 Å². The third-order valence-corrected chi connectivity index (χ3v) is 7.67. The topological polar surface area (TPSA) is 110 Å². The van der Waals surface area contributed by atoms with Gasteiger partial charge in [-0.15, -0.1) is 0 Å². The van der Waals surface area contributed by atoms with Crippen LogP contribution in [-0.2, 0) is 34.0 Å². The van der Waals surface area contributed by atoms with Gasteiger partial charge in [-0.2, -0.15) is 0 Å². The van der Waals surface area contributed by atoms with Crippen molar-refractivity contribution in [3.63, 3.8) is 0 Å². The van der Waals surface area contributed by atoms with E-state index in [4.69, 9.17) is 28.4 Å². The van der Waals surface area contributed by atoms with Gasteiger partial charge in [0.25, 0.3) is 0 Å². The molecule has 0 bridgehead atoms. The number of hydrogen-bond acceptors (Lipinski definition) is 9. The number of ether oxygens (including phenoxy) is 6. The first-order valence-electron chi connectivity index (χ1n) is 14.1. The number of hydrogen-bond donors (Lipinski definition) is 1. The van der Waals surface area contributed by atoms with Crippen molar-refractivity contribution in [2.45, 2.75) is 57.2 Å². The minimum atomic E-state index is -0.700. The number of esters is 2. The highest BCUT2D eigenvalue weighted by atomic mass is 16.6. The molecule has 9 heteroatoms. The Morgan fingerprint density at radius 1 is 0.829 bits per heavy atom. The van der Waals surface area contributed by atoms with E-state index >= 15 is 0 Å². The summed E-state index contributed by atoms with van der Waals surface area (Å²) in [6.07, 6.45) is 1.84. The molecule has 226 valence electrons. The van der Waals surface area contributed by atoms with E-state index in [1.807, 2.05) is 48.5 Å². The van der Waals surface area contributed by atoms with Crippen molar-refractivity contribution in [1.82, 2.24) is 0 Å². The second kappa shape index (κ2) is 15.7. The van der Waals surface area contributed by atoms with Gasteiger partial charge in [0.15, 0.2) is 0 Å². The number of aliphatic hydroxyl groups is 1. The lowest BCUT2D eigenvalue weighted by Crippen LogP contribution is -2.36. The van der Waals surface area contributed by atoms with Crippen LogP contribution in [0.5, 0.6) is 11.5 Å². The summed E-state index contributed by atoms with van der Waals surface area (Å²) >= 11 is 0. The summed E-state index contributed by atoms with van der Waals surface area (Å²) in [7, 11) is 4.43. The summed E-state index contributed by atoms with van der Waals surface area (Å²) in [4.78, 5) is 24.9. The van der Waals surface area contributed by atoms with Gasteiger partial charge in [0.1, 0.15) is 43.5 Å². The Morgan fingerprint density at radius 2 is 1.39 bits per heavy atom. The third kappa shape index (κ3) is 9.18. The Bertz CT molecular complexity index is 1120. The maximum Gasteiger partial charge on any atom is 0.309 e. The highest BCUT2D eigenvalue weighted by Crippen LogP contribution is 2.35. The Kier molecular flexibility index (Phi) is 12.4. The molecule has 2 aromatic rings. The van der Waals surface area contributed by atoms with Gasteiger partial charge in [-0.25, -0.2) is 0 Å². The molecule has 0 amide bonds. The Balaban J connectivity index is 1.59. The maximum atomic E-state index is 12.8. The Labute approximate surface area is 243 Å². The van der Waals surface area contributed by atoms with Crippen LogP contribution in [0.4, 0.5) is 0 Å². The number of aliphatic hydroxyl groups excluding tert-OH is 1. The van der Waals surface area contributed by atoms with Crippen LogP contribution < -0.4 is 9.47 Å². The zero-order valence-electron chi connectivity index (χ0n) is 24.8. The van der Waals surface area contributed by atoms with Gasteiger partial charge in [-0.05, 0) is 48.2 Å². The molecular weight excluding hydrogens is 528 g/mol. The lowest BCUT2D eigenvalue weighted by Gasteiger charge is -2.28. The van der Waals surface area contributed by atoms with Crippen LogP contribution in [0.3, 0.4) is 0 Å². The summed E-state index contributed by atoms with van der Waals surface area (Å²) in [5.41, 5.74) is 1.72. The molecule has 0 spiro atoms. The largest absolute Gasteiger partial charge is 0.491 e. The zero-order chi connectivity index (χ0) is 29.8. The van der Waals surface area contributed by atoms with Gasteiger partial charge in [0.05, 0.1) is 25.6 Å². The maximum absolute atomic E-state index is 12.8. The zero-order valence-corrected chi connectivity index (χ0v) is 24.8. The minimum absolute atomic E-state index is 0.0246. The number of benzene rings is 2. The first-order chi connectivity index (χ1) is 19.7. The van der Waals surface area contributed by atoms with Crippen LogP contribution in [0.1, 0.15) is 50.7 Å². The average molecular weight is 573 g/mol. The molecule has 1 aliphatic rings. The number of carbonyl (C=O) groups is 2. The smallest absolute Gasteiger partial charge is 0.309 e. The van der Waals surface area contributed by atoms with Crippen molar-refractivity contribution in [2.75, 3.05) is 47.8 Å².